The lowest BCUT2D eigenvalue weighted by Gasteiger charge is -2.05. The van der Waals surface area contributed by atoms with Crippen LogP contribution >= 0.6 is 15.9 Å². The summed E-state index contributed by atoms with van der Waals surface area (Å²) in [5.41, 5.74) is 1.03. The van der Waals surface area contributed by atoms with Crippen molar-refractivity contribution in [3.8, 4) is 5.88 Å². The molecule has 0 bridgehead atoms. The number of nitrogens with zero attached hydrogens (tertiary/aromatic N) is 3. The molecular formula is C9H10BrN5O. The van der Waals surface area contributed by atoms with Crippen molar-refractivity contribution < 1.29 is 4.74 Å². The molecule has 0 spiro atoms. The fourth-order valence-electron chi connectivity index (χ4n) is 1.14. The number of halogens is 1. The third-order valence-electron chi connectivity index (χ3n) is 1.91. The van der Waals surface area contributed by atoms with Crippen molar-refractivity contribution in [3.63, 3.8) is 0 Å². The Hall–Kier alpha value is -1.63. The second-order valence-corrected chi connectivity index (χ2v) is 3.87. The molecule has 0 amide bonds. The summed E-state index contributed by atoms with van der Waals surface area (Å²) in [4.78, 5) is 8.27. The number of aromatic nitrogens is 4. The minimum atomic E-state index is 0.504. The van der Waals surface area contributed by atoms with E-state index in [-0.39, 0.29) is 0 Å². The first-order valence-corrected chi connectivity index (χ1v) is 5.37. The number of nitrogens with one attached hydrogen (secondary N) is 2. The number of H-pyrrole nitrogens is 1. The van der Waals surface area contributed by atoms with Gasteiger partial charge in [-0.05, 0) is 15.9 Å². The fourth-order valence-corrected chi connectivity index (χ4v) is 1.49. The van der Waals surface area contributed by atoms with E-state index < -0.39 is 0 Å². The molecular weight excluding hydrogens is 274 g/mol. The predicted octanol–water partition coefficient (Wildman–Crippen LogP) is 1.58. The summed E-state index contributed by atoms with van der Waals surface area (Å²) < 4.78 is 5.79. The fraction of sp³-hybridized carbons (Fsp3) is 0.222. The van der Waals surface area contributed by atoms with Gasteiger partial charge in [0.15, 0.2) is 0 Å². The van der Waals surface area contributed by atoms with E-state index in [1.54, 1.807) is 19.5 Å². The summed E-state index contributed by atoms with van der Waals surface area (Å²) in [5, 5.41) is 9.64. The van der Waals surface area contributed by atoms with E-state index in [1.807, 2.05) is 6.20 Å². The zero-order valence-corrected chi connectivity index (χ0v) is 10.2. The molecule has 0 saturated carbocycles. The third-order valence-corrected chi connectivity index (χ3v) is 2.45. The SMILES string of the molecule is COc1nc(NCc2cn[nH]c2)ncc1Br. The number of aromatic amines is 1. The molecule has 0 radical (unpaired) electrons. The van der Waals surface area contributed by atoms with Gasteiger partial charge in [-0.15, -0.1) is 0 Å². The van der Waals surface area contributed by atoms with Crippen LogP contribution in [0.5, 0.6) is 5.88 Å². The first kappa shape index (κ1) is 10.9. The summed E-state index contributed by atoms with van der Waals surface area (Å²) in [6.45, 7) is 0.612. The van der Waals surface area contributed by atoms with Crippen molar-refractivity contribution in [1.29, 1.82) is 0 Å². The quantitative estimate of drug-likeness (QED) is 0.891. The van der Waals surface area contributed by atoms with E-state index in [4.69, 9.17) is 4.74 Å². The standard InChI is InChI=1S/C9H10BrN5O/c1-16-8-7(10)5-12-9(15-8)11-2-6-3-13-14-4-6/h3-5H,2H2,1H3,(H,13,14)(H,11,12,15). The summed E-state index contributed by atoms with van der Waals surface area (Å²) in [6.07, 6.45) is 5.19. The highest BCUT2D eigenvalue weighted by atomic mass is 79.9. The van der Waals surface area contributed by atoms with Crippen LogP contribution in [0.1, 0.15) is 5.56 Å². The molecule has 0 aliphatic heterocycles. The lowest BCUT2D eigenvalue weighted by atomic mass is 10.4. The lowest BCUT2D eigenvalue weighted by molar-refractivity contribution is 0.394. The Kier molecular flexibility index (Phi) is 3.35. The molecule has 7 heteroatoms. The van der Waals surface area contributed by atoms with E-state index in [2.05, 4.69) is 41.4 Å². The number of hydrogen-bond acceptors (Lipinski definition) is 5. The van der Waals surface area contributed by atoms with Gasteiger partial charge in [-0.3, -0.25) is 5.10 Å². The van der Waals surface area contributed by atoms with Crippen LogP contribution in [0.2, 0.25) is 0 Å². The molecule has 2 rings (SSSR count). The van der Waals surface area contributed by atoms with Gasteiger partial charge in [-0.1, -0.05) is 0 Å². The van der Waals surface area contributed by atoms with Crippen LogP contribution in [0, 0.1) is 0 Å². The molecule has 6 nitrogen and oxygen atoms in total. The van der Waals surface area contributed by atoms with Crippen molar-refractivity contribution >= 4 is 21.9 Å². The molecule has 2 aromatic heterocycles. The molecule has 0 aliphatic carbocycles. The van der Waals surface area contributed by atoms with E-state index in [1.165, 1.54) is 0 Å². The summed E-state index contributed by atoms with van der Waals surface area (Å²) in [6, 6.07) is 0. The van der Waals surface area contributed by atoms with Gasteiger partial charge in [0, 0.05) is 18.3 Å². The molecule has 0 saturated heterocycles. The molecule has 2 aromatic rings. The van der Waals surface area contributed by atoms with Crippen molar-refractivity contribution in [1.82, 2.24) is 20.2 Å². The van der Waals surface area contributed by atoms with Crippen LogP contribution in [-0.4, -0.2) is 27.3 Å². The van der Waals surface area contributed by atoms with Crippen LogP contribution < -0.4 is 10.1 Å². The summed E-state index contributed by atoms with van der Waals surface area (Å²) >= 11 is 3.29. The Labute approximate surface area is 101 Å². The molecule has 0 atom stereocenters. The van der Waals surface area contributed by atoms with Crippen LogP contribution in [0.25, 0.3) is 0 Å². The minimum absolute atomic E-state index is 0.504. The number of hydrogen-bond donors (Lipinski definition) is 2. The predicted molar refractivity (Wildman–Crippen MR) is 62.2 cm³/mol. The highest BCUT2D eigenvalue weighted by molar-refractivity contribution is 9.10. The third kappa shape index (κ3) is 2.48. The highest BCUT2D eigenvalue weighted by Crippen LogP contribution is 2.21. The van der Waals surface area contributed by atoms with E-state index in [9.17, 15) is 0 Å². The Morgan fingerprint density at radius 2 is 2.38 bits per heavy atom. The Balaban J connectivity index is 2.04. The highest BCUT2D eigenvalue weighted by Gasteiger charge is 2.04. The smallest absolute Gasteiger partial charge is 0.232 e. The Bertz CT molecular complexity index is 459. The van der Waals surface area contributed by atoms with Crippen LogP contribution in [0.15, 0.2) is 23.1 Å². The average molecular weight is 284 g/mol. The van der Waals surface area contributed by atoms with Gasteiger partial charge in [0.2, 0.25) is 11.8 Å². The molecule has 2 N–H and O–H groups in total. The Morgan fingerprint density at radius 3 is 3.06 bits per heavy atom. The zero-order valence-electron chi connectivity index (χ0n) is 8.57. The minimum Gasteiger partial charge on any atom is -0.480 e. The first-order chi connectivity index (χ1) is 7.79. The topological polar surface area (TPSA) is 75.7 Å². The zero-order chi connectivity index (χ0) is 11.4. The second kappa shape index (κ2) is 4.93. The van der Waals surface area contributed by atoms with Crippen molar-refractivity contribution in [3.05, 3.63) is 28.6 Å². The maximum Gasteiger partial charge on any atom is 0.232 e. The maximum absolute atomic E-state index is 5.07. The van der Waals surface area contributed by atoms with Gasteiger partial charge in [0.25, 0.3) is 0 Å². The van der Waals surface area contributed by atoms with Gasteiger partial charge >= 0.3 is 0 Å². The van der Waals surface area contributed by atoms with Gasteiger partial charge < -0.3 is 10.1 Å². The number of ether oxygens (including phenoxy) is 1. The largest absolute Gasteiger partial charge is 0.480 e. The second-order valence-electron chi connectivity index (χ2n) is 3.01. The van der Waals surface area contributed by atoms with Crippen molar-refractivity contribution in [2.45, 2.75) is 6.54 Å². The molecule has 0 aromatic carbocycles. The van der Waals surface area contributed by atoms with Crippen LogP contribution in [0.4, 0.5) is 5.95 Å². The molecule has 0 fully saturated rings. The Morgan fingerprint density at radius 1 is 1.50 bits per heavy atom. The number of methoxy groups -OCH3 is 1. The van der Waals surface area contributed by atoms with Gasteiger partial charge in [-0.2, -0.15) is 10.1 Å². The van der Waals surface area contributed by atoms with E-state index >= 15 is 0 Å². The maximum atomic E-state index is 5.07. The van der Waals surface area contributed by atoms with Gasteiger partial charge in [0.05, 0.1) is 24.0 Å². The van der Waals surface area contributed by atoms with E-state index in [0.29, 0.717) is 18.4 Å². The molecule has 16 heavy (non-hydrogen) atoms. The molecule has 0 aliphatic rings. The van der Waals surface area contributed by atoms with Crippen molar-refractivity contribution in [2.24, 2.45) is 0 Å². The number of anilines is 1. The van der Waals surface area contributed by atoms with Crippen molar-refractivity contribution in [2.75, 3.05) is 12.4 Å². The van der Waals surface area contributed by atoms with Gasteiger partial charge in [-0.25, -0.2) is 4.98 Å². The first-order valence-electron chi connectivity index (χ1n) is 4.57. The van der Waals surface area contributed by atoms with Gasteiger partial charge in [0.1, 0.15) is 0 Å². The molecule has 2 heterocycles. The lowest BCUT2D eigenvalue weighted by Crippen LogP contribution is -2.03. The monoisotopic (exact) mass is 283 g/mol. The number of rotatable bonds is 4. The van der Waals surface area contributed by atoms with Crippen LogP contribution in [0.3, 0.4) is 0 Å². The van der Waals surface area contributed by atoms with E-state index in [0.717, 1.165) is 10.0 Å². The molecule has 84 valence electrons. The summed E-state index contributed by atoms with van der Waals surface area (Å²) in [5.74, 6) is 1.02. The normalized spacial score (nSPS) is 10.1. The average Bonchev–Trinajstić information content (AvgIpc) is 2.81. The molecule has 0 unspecified atom stereocenters. The van der Waals surface area contributed by atoms with Crippen LogP contribution in [-0.2, 0) is 6.54 Å². The summed E-state index contributed by atoms with van der Waals surface area (Å²) in [7, 11) is 1.56.